The molecule has 2 fully saturated rings. The molecule has 73 heavy (non-hydrogen) atoms. The molecule has 394 valence electrons. The number of imidazole rings is 2. The molecule has 4 atom stereocenters. The number of rotatable bonds is 14. The van der Waals surface area contributed by atoms with E-state index in [2.05, 4.69) is 228 Å². The van der Waals surface area contributed by atoms with Crippen LogP contribution >= 0.6 is 22.6 Å². The highest BCUT2D eigenvalue weighted by molar-refractivity contribution is 14.1. The molecule has 2 saturated carbocycles. The van der Waals surface area contributed by atoms with E-state index in [1.807, 2.05) is 36.9 Å². The van der Waals surface area contributed by atoms with Crippen LogP contribution in [0.5, 0.6) is 0 Å². The molecular weight excluding hydrogens is 1050 g/mol. The van der Waals surface area contributed by atoms with Crippen molar-refractivity contribution in [2.24, 2.45) is 23.7 Å². The summed E-state index contributed by atoms with van der Waals surface area (Å²) in [7, 11) is -3.83. The van der Waals surface area contributed by atoms with Crippen LogP contribution in [0.1, 0.15) is 176 Å². The summed E-state index contributed by atoms with van der Waals surface area (Å²) in [6, 6.07) is 20.7. The zero-order chi connectivity index (χ0) is 53.5. The second kappa shape index (κ2) is 24.4. The zero-order valence-corrected chi connectivity index (χ0v) is 50.9. The van der Waals surface area contributed by atoms with Crippen LogP contribution in [0.3, 0.4) is 0 Å². The third-order valence-corrected chi connectivity index (χ3v) is 25.4. The molecular formula is C60H85IN6O4Si2. The van der Waals surface area contributed by atoms with Gasteiger partial charge >= 0.3 is 0 Å². The van der Waals surface area contributed by atoms with E-state index in [4.69, 9.17) is 24.3 Å². The predicted octanol–water partition coefficient (Wildman–Crippen LogP) is 17.2. The number of hydrogen-bond donors (Lipinski definition) is 0. The van der Waals surface area contributed by atoms with Gasteiger partial charge in [-0.1, -0.05) is 104 Å². The van der Waals surface area contributed by atoms with Crippen molar-refractivity contribution in [2.45, 2.75) is 182 Å². The van der Waals surface area contributed by atoms with Crippen LogP contribution in [-0.2, 0) is 8.85 Å². The van der Waals surface area contributed by atoms with Crippen molar-refractivity contribution in [1.29, 1.82) is 0 Å². The van der Waals surface area contributed by atoms with Crippen molar-refractivity contribution in [3.63, 3.8) is 0 Å². The van der Waals surface area contributed by atoms with Gasteiger partial charge in [0.05, 0.1) is 12.1 Å². The van der Waals surface area contributed by atoms with Crippen LogP contribution in [0, 0.1) is 51.4 Å². The van der Waals surface area contributed by atoms with Crippen LogP contribution < -0.4 is 0 Å². The summed E-state index contributed by atoms with van der Waals surface area (Å²) >= 11 is 2.30. The molecule has 4 aromatic heterocycles. The molecule has 0 amide bonds. The number of hydrogen-bond acceptors (Lipinski definition) is 8. The molecule has 10 nitrogen and oxygen atoms in total. The topological polar surface area (TPSA) is 106 Å². The van der Waals surface area contributed by atoms with Gasteiger partial charge in [-0.25, -0.2) is 9.97 Å². The van der Waals surface area contributed by atoms with Gasteiger partial charge in [-0.3, -0.25) is 0 Å². The Kier molecular flexibility index (Phi) is 19.3. The Hall–Kier alpha value is -4.52. The monoisotopic (exact) mass is 1140 g/mol. The second-order valence-corrected chi connectivity index (χ2v) is 34.3. The summed E-state index contributed by atoms with van der Waals surface area (Å²) < 4.78 is 30.3. The van der Waals surface area contributed by atoms with Gasteiger partial charge < -0.3 is 27.0 Å². The molecule has 8 rings (SSSR count). The number of aromatic nitrogens is 6. The van der Waals surface area contributed by atoms with E-state index < -0.39 is 16.6 Å². The molecule has 0 N–H and O–H groups in total. The summed E-state index contributed by atoms with van der Waals surface area (Å²) in [5.41, 5.74) is 4.89. The van der Waals surface area contributed by atoms with Gasteiger partial charge in [-0.05, 0) is 159 Å². The van der Waals surface area contributed by atoms with Crippen molar-refractivity contribution < 1.29 is 19.3 Å². The van der Waals surface area contributed by atoms with Gasteiger partial charge in [-0.2, -0.15) is 0 Å². The summed E-state index contributed by atoms with van der Waals surface area (Å²) in [6.07, 6.45) is 19.4. The number of benzene rings is 2. The molecule has 0 saturated heterocycles. The van der Waals surface area contributed by atoms with Crippen molar-refractivity contribution in [1.82, 2.24) is 29.4 Å². The lowest BCUT2D eigenvalue weighted by molar-refractivity contribution is 0.186. The van der Waals surface area contributed by atoms with Crippen LogP contribution in [0.15, 0.2) is 94.5 Å². The molecule has 13 heteroatoms. The first-order valence-corrected chi connectivity index (χ1v) is 33.4. The molecule has 0 bridgehead atoms. The molecule has 6 aromatic rings. The highest BCUT2D eigenvalue weighted by atomic mass is 127. The zero-order valence-electron chi connectivity index (χ0n) is 46.7. The summed E-state index contributed by atoms with van der Waals surface area (Å²) in [4.78, 5) is 9.34. The van der Waals surface area contributed by atoms with Crippen LogP contribution in [-0.4, -0.2) is 46.1 Å². The fourth-order valence-electron chi connectivity index (χ4n) is 8.99. The van der Waals surface area contributed by atoms with Crippen molar-refractivity contribution in [2.75, 3.05) is 0 Å². The lowest BCUT2D eigenvalue weighted by Gasteiger charge is -2.38. The standard InChI is InChI=1S/C30H41N3O2Si.C23H32IN3O2Si.C7H10.H2/c1-9-27(33-17-16-31-29(33)22(3)35-36(7,8)30(4,5)6)26-20-28(34-32-26)25-14-12-23(13-15-25)10-11-24-18-21(2)19-24;1-8-20(19-15-21(28-26-19)17-9-11-18(24)12-10-17)27-14-13-25-22(27)16(2)29-30(6,7)23(3,4)5;1-3-7-4-6(2)5-7;/h12-17,20-22,24,27H,9,18-19H2,1-8H3;9-16,20H,8H2,1-7H3;1,6-7H,4-5H2,2H3;1H/t21?,22-,24?,27+;16-,20+;;/m00../s1. The van der Waals surface area contributed by atoms with Gasteiger partial charge in [0.1, 0.15) is 35.2 Å². The Labute approximate surface area is 455 Å². The van der Waals surface area contributed by atoms with E-state index in [1.54, 1.807) is 0 Å². The third kappa shape index (κ3) is 14.7. The fraction of sp³-hybridized carbons (Fsp3) is 0.533. The Balaban J connectivity index is 0.000000242. The molecule has 0 unspecified atom stereocenters. The molecule has 2 aliphatic carbocycles. The third-order valence-electron chi connectivity index (χ3n) is 15.6. The smallest absolute Gasteiger partial charge is 0.193 e. The fourth-order valence-corrected chi connectivity index (χ4v) is 12.0. The van der Waals surface area contributed by atoms with Gasteiger partial charge in [0.15, 0.2) is 28.2 Å². The lowest BCUT2D eigenvalue weighted by atomic mass is 9.76. The minimum atomic E-state index is -1.93. The minimum absolute atomic E-state index is 0. The van der Waals surface area contributed by atoms with Crippen molar-refractivity contribution >= 4 is 39.2 Å². The average Bonchev–Trinajstić information content (AvgIpc) is 4.16. The Morgan fingerprint density at radius 2 is 1.08 bits per heavy atom. The first kappa shape index (κ1) is 57.8. The Morgan fingerprint density at radius 3 is 1.44 bits per heavy atom. The van der Waals surface area contributed by atoms with Gasteiger partial charge in [0.25, 0.3) is 0 Å². The van der Waals surface area contributed by atoms with Gasteiger partial charge in [0.2, 0.25) is 0 Å². The molecule has 2 aromatic carbocycles. The van der Waals surface area contributed by atoms with Crippen LogP contribution in [0.2, 0.25) is 36.3 Å². The van der Waals surface area contributed by atoms with E-state index >= 15 is 0 Å². The summed E-state index contributed by atoms with van der Waals surface area (Å²) in [5.74, 6) is 15.8. The predicted molar refractivity (Wildman–Crippen MR) is 313 cm³/mol. The Morgan fingerprint density at radius 1 is 0.685 bits per heavy atom. The molecule has 0 radical (unpaired) electrons. The lowest BCUT2D eigenvalue weighted by Crippen LogP contribution is -2.41. The maximum absolute atomic E-state index is 6.65. The number of nitrogens with zero attached hydrogens (tertiary/aromatic N) is 6. The van der Waals surface area contributed by atoms with Crippen LogP contribution in [0.4, 0.5) is 0 Å². The molecule has 4 heterocycles. The van der Waals surface area contributed by atoms with Gasteiger partial charge in [-0.15, -0.1) is 12.3 Å². The quantitative estimate of drug-likeness (QED) is 0.0603. The minimum Gasteiger partial charge on any atom is -0.407 e. The van der Waals surface area contributed by atoms with E-state index in [1.165, 1.54) is 29.3 Å². The second-order valence-electron chi connectivity index (χ2n) is 23.6. The summed E-state index contributed by atoms with van der Waals surface area (Å²) in [5, 5.41) is 9.15. The highest BCUT2D eigenvalue weighted by Crippen LogP contribution is 2.42. The average molecular weight is 1140 g/mol. The first-order chi connectivity index (χ1) is 34.3. The normalized spacial score (nSPS) is 19.5. The maximum atomic E-state index is 6.65. The summed E-state index contributed by atoms with van der Waals surface area (Å²) in [6.45, 7) is 35.7. The number of terminal acetylenes is 1. The first-order valence-electron chi connectivity index (χ1n) is 26.5. The molecule has 2 aliphatic rings. The van der Waals surface area contributed by atoms with E-state index in [9.17, 15) is 0 Å². The van der Waals surface area contributed by atoms with Gasteiger partial charge in [0, 0.05) is 70.4 Å². The SMILES string of the molecule is C#CC1CC(C)C1.CC[C@H](c1cc(-c2ccc(C#CC3CC(C)C3)cc2)on1)n1ccnc1[C@H](C)O[Si](C)(C)C(C)(C)C.CC[C@H](c1cc(-c2ccc(I)cc2)on1)n1ccnc1[C@H](C)O[Si](C)(C)C(C)(C)C.[HH]. The largest absolute Gasteiger partial charge is 0.407 e. The van der Waals surface area contributed by atoms with E-state index in [-0.39, 0.29) is 35.8 Å². The number of halogens is 1. The Bertz CT molecular complexity index is 2790. The van der Waals surface area contributed by atoms with Crippen LogP contribution in [0.25, 0.3) is 22.6 Å². The van der Waals surface area contributed by atoms with E-state index in [0.717, 1.165) is 75.9 Å². The molecule has 0 spiro atoms. The molecule has 0 aliphatic heterocycles. The highest BCUT2D eigenvalue weighted by Gasteiger charge is 2.41. The van der Waals surface area contributed by atoms with Crippen molar-refractivity contribution in [3.8, 4) is 46.8 Å². The van der Waals surface area contributed by atoms with Crippen molar-refractivity contribution in [3.05, 3.63) is 118 Å². The maximum Gasteiger partial charge on any atom is 0.193 e. The van der Waals surface area contributed by atoms with E-state index in [0.29, 0.717) is 11.8 Å².